The maximum atomic E-state index is 12.0. The van der Waals surface area contributed by atoms with Gasteiger partial charge in [0.1, 0.15) is 11.6 Å². The van der Waals surface area contributed by atoms with Gasteiger partial charge in [-0.25, -0.2) is 4.98 Å². The Morgan fingerprint density at radius 2 is 1.67 bits per heavy atom. The molecule has 2 aromatic rings. The van der Waals surface area contributed by atoms with Gasteiger partial charge >= 0.3 is 0 Å². The van der Waals surface area contributed by atoms with E-state index in [2.05, 4.69) is 15.6 Å². The summed E-state index contributed by atoms with van der Waals surface area (Å²) in [5.74, 6) is 0.335. The monoisotopic (exact) mass is 303 g/mol. The summed E-state index contributed by atoms with van der Waals surface area (Å²) in [4.78, 5) is 27.5. The number of rotatable bonds is 4. The molecule has 0 aliphatic heterocycles. The van der Waals surface area contributed by atoms with Crippen LogP contribution < -0.4 is 10.6 Å². The summed E-state index contributed by atoms with van der Waals surface area (Å²) < 4.78 is 0. The lowest BCUT2D eigenvalue weighted by molar-refractivity contribution is -0.115. The highest BCUT2D eigenvalue weighted by molar-refractivity contribution is 6.30. The van der Waals surface area contributed by atoms with E-state index in [0.29, 0.717) is 28.6 Å². The molecule has 0 atom stereocenters. The van der Waals surface area contributed by atoms with Gasteiger partial charge in [0.2, 0.25) is 5.91 Å². The topological polar surface area (TPSA) is 71.1 Å². The van der Waals surface area contributed by atoms with Gasteiger partial charge in [-0.15, -0.1) is 0 Å². The molecular formula is C15H14ClN3O2. The minimum Gasteiger partial charge on any atom is -0.311 e. The fraction of sp³-hybridized carbons (Fsp3) is 0.133. The highest BCUT2D eigenvalue weighted by atomic mass is 35.5. The van der Waals surface area contributed by atoms with E-state index < -0.39 is 0 Å². The van der Waals surface area contributed by atoms with Crippen LogP contribution in [0.2, 0.25) is 5.02 Å². The average molecular weight is 304 g/mol. The first kappa shape index (κ1) is 15.0. The number of pyridine rings is 1. The van der Waals surface area contributed by atoms with Crippen molar-refractivity contribution < 1.29 is 9.59 Å². The Bertz CT molecular complexity index is 656. The molecule has 6 heteroatoms. The summed E-state index contributed by atoms with van der Waals surface area (Å²) in [6, 6.07) is 11.5. The second kappa shape index (κ2) is 6.85. The van der Waals surface area contributed by atoms with Crippen LogP contribution >= 0.6 is 11.6 Å². The van der Waals surface area contributed by atoms with Crippen LogP contribution in [-0.2, 0) is 4.79 Å². The molecular weight excluding hydrogens is 290 g/mol. The molecule has 1 aromatic carbocycles. The smallest absolute Gasteiger partial charge is 0.256 e. The highest BCUT2D eigenvalue weighted by Gasteiger charge is 2.07. The molecule has 0 spiro atoms. The number of carbonyl (C=O) groups excluding carboxylic acids is 2. The predicted molar refractivity (Wildman–Crippen MR) is 82.6 cm³/mol. The molecule has 2 rings (SSSR count). The van der Waals surface area contributed by atoms with Crippen LogP contribution in [0.5, 0.6) is 0 Å². The van der Waals surface area contributed by atoms with Crippen LogP contribution in [0.25, 0.3) is 0 Å². The summed E-state index contributed by atoms with van der Waals surface area (Å²) >= 11 is 5.78. The fourth-order valence-corrected chi connectivity index (χ4v) is 1.72. The number of hydrogen-bond donors (Lipinski definition) is 2. The van der Waals surface area contributed by atoms with E-state index in [1.165, 1.54) is 0 Å². The number of halogens is 1. The second-order valence-electron chi connectivity index (χ2n) is 4.27. The Morgan fingerprint density at radius 3 is 2.29 bits per heavy atom. The van der Waals surface area contributed by atoms with E-state index in [4.69, 9.17) is 11.6 Å². The number of aromatic nitrogens is 1. The number of nitrogens with one attached hydrogen (secondary N) is 2. The van der Waals surface area contributed by atoms with Crippen molar-refractivity contribution in [3.63, 3.8) is 0 Å². The first-order chi connectivity index (χ1) is 10.1. The molecule has 108 valence electrons. The number of carbonyl (C=O) groups is 2. The van der Waals surface area contributed by atoms with Gasteiger partial charge in [-0.3, -0.25) is 9.59 Å². The number of anilines is 2. The Balaban J connectivity index is 2.08. The molecule has 0 bridgehead atoms. The molecule has 1 aromatic heterocycles. The minimum atomic E-state index is -0.293. The molecule has 0 unspecified atom stereocenters. The van der Waals surface area contributed by atoms with Gasteiger partial charge in [0, 0.05) is 17.0 Å². The van der Waals surface area contributed by atoms with E-state index in [1.54, 1.807) is 49.4 Å². The van der Waals surface area contributed by atoms with Gasteiger partial charge in [0.05, 0.1) is 0 Å². The lowest BCUT2D eigenvalue weighted by Gasteiger charge is -2.07. The number of amides is 2. The third-order valence-electron chi connectivity index (χ3n) is 2.69. The summed E-state index contributed by atoms with van der Waals surface area (Å²) in [6.45, 7) is 1.75. The normalized spacial score (nSPS) is 10.0. The van der Waals surface area contributed by atoms with Gasteiger partial charge in [0.25, 0.3) is 5.91 Å². The van der Waals surface area contributed by atoms with E-state index in [1.807, 2.05) is 0 Å². The van der Waals surface area contributed by atoms with Gasteiger partial charge in [-0.2, -0.15) is 0 Å². The summed E-state index contributed by atoms with van der Waals surface area (Å²) in [6.07, 6.45) is 0.364. The molecule has 0 fully saturated rings. The van der Waals surface area contributed by atoms with Crippen molar-refractivity contribution in [2.45, 2.75) is 13.3 Å². The minimum absolute atomic E-state index is 0.135. The Morgan fingerprint density at radius 1 is 1.05 bits per heavy atom. The molecule has 21 heavy (non-hydrogen) atoms. The predicted octanol–water partition coefficient (Wildman–Crippen LogP) is 3.34. The van der Waals surface area contributed by atoms with Crippen molar-refractivity contribution >= 4 is 35.1 Å². The Labute approximate surface area is 127 Å². The number of nitrogens with zero attached hydrogens (tertiary/aromatic N) is 1. The average Bonchev–Trinajstić information content (AvgIpc) is 2.48. The maximum absolute atomic E-state index is 12.0. The Hall–Kier alpha value is -2.40. The lowest BCUT2D eigenvalue weighted by Crippen LogP contribution is -2.15. The van der Waals surface area contributed by atoms with Crippen LogP contribution in [0.3, 0.4) is 0 Å². The Kier molecular flexibility index (Phi) is 4.90. The summed E-state index contributed by atoms with van der Waals surface area (Å²) in [5, 5.41) is 5.86. The molecule has 0 saturated carbocycles. The molecule has 1 heterocycles. The van der Waals surface area contributed by atoms with Crippen LogP contribution in [-0.4, -0.2) is 16.8 Å². The quantitative estimate of drug-likeness (QED) is 0.910. The maximum Gasteiger partial charge on any atom is 0.256 e. The molecule has 0 saturated heterocycles. The van der Waals surface area contributed by atoms with Gasteiger partial charge in [-0.1, -0.05) is 24.6 Å². The van der Waals surface area contributed by atoms with Crippen molar-refractivity contribution in [3.05, 3.63) is 53.1 Å². The second-order valence-corrected chi connectivity index (χ2v) is 4.71. The molecule has 2 N–H and O–H groups in total. The van der Waals surface area contributed by atoms with E-state index in [9.17, 15) is 9.59 Å². The van der Waals surface area contributed by atoms with Crippen LogP contribution in [0, 0.1) is 0 Å². The van der Waals surface area contributed by atoms with Crippen LogP contribution in [0.4, 0.5) is 11.6 Å². The van der Waals surface area contributed by atoms with Crippen LogP contribution in [0.1, 0.15) is 23.7 Å². The molecule has 0 aliphatic carbocycles. The molecule has 2 amide bonds. The number of benzene rings is 1. The first-order valence-electron chi connectivity index (χ1n) is 6.42. The van der Waals surface area contributed by atoms with Crippen molar-refractivity contribution in [1.29, 1.82) is 0 Å². The van der Waals surface area contributed by atoms with E-state index >= 15 is 0 Å². The van der Waals surface area contributed by atoms with Crippen LogP contribution in [0.15, 0.2) is 42.5 Å². The zero-order valence-corrected chi connectivity index (χ0v) is 12.1. The first-order valence-corrected chi connectivity index (χ1v) is 6.80. The summed E-state index contributed by atoms with van der Waals surface area (Å²) in [7, 11) is 0. The van der Waals surface area contributed by atoms with Gasteiger partial charge in [-0.05, 0) is 36.4 Å². The third kappa shape index (κ3) is 4.29. The SMILES string of the molecule is CCC(=O)Nc1cccc(NC(=O)c2ccc(Cl)cc2)n1. The summed E-state index contributed by atoms with van der Waals surface area (Å²) in [5.41, 5.74) is 0.476. The standard InChI is InChI=1S/C15H14ClN3O2/c1-2-14(20)18-12-4-3-5-13(17-12)19-15(21)10-6-8-11(16)9-7-10/h3-9H,2H2,1H3,(H2,17,18,19,20,21). The fourth-order valence-electron chi connectivity index (χ4n) is 1.59. The molecule has 0 radical (unpaired) electrons. The van der Waals surface area contributed by atoms with Crippen molar-refractivity contribution in [1.82, 2.24) is 4.98 Å². The van der Waals surface area contributed by atoms with Crippen molar-refractivity contribution in [2.24, 2.45) is 0 Å². The molecule has 0 aliphatic rings. The lowest BCUT2D eigenvalue weighted by atomic mass is 10.2. The van der Waals surface area contributed by atoms with Crippen molar-refractivity contribution in [3.8, 4) is 0 Å². The van der Waals surface area contributed by atoms with Crippen molar-refractivity contribution in [2.75, 3.05) is 10.6 Å². The van der Waals surface area contributed by atoms with E-state index in [0.717, 1.165) is 0 Å². The zero-order chi connectivity index (χ0) is 15.2. The largest absolute Gasteiger partial charge is 0.311 e. The molecule has 5 nitrogen and oxygen atoms in total. The van der Waals surface area contributed by atoms with E-state index in [-0.39, 0.29) is 11.8 Å². The highest BCUT2D eigenvalue weighted by Crippen LogP contribution is 2.13. The zero-order valence-electron chi connectivity index (χ0n) is 11.4. The number of hydrogen-bond acceptors (Lipinski definition) is 3. The van der Waals surface area contributed by atoms with Gasteiger partial charge < -0.3 is 10.6 Å². The third-order valence-corrected chi connectivity index (χ3v) is 2.94. The van der Waals surface area contributed by atoms with Gasteiger partial charge in [0.15, 0.2) is 0 Å².